The Morgan fingerprint density at radius 2 is 1.69 bits per heavy atom. The quantitative estimate of drug-likeness (QED) is 0.786. The van der Waals surface area contributed by atoms with Gasteiger partial charge in [0.1, 0.15) is 6.10 Å². The molecule has 152 valence electrons. The Morgan fingerprint density at radius 3 is 2.38 bits per heavy atom. The molecule has 2 heterocycles. The molecule has 4 rings (SSSR count). The molecule has 2 amide bonds. The number of nitrogens with zero attached hydrogens (tertiary/aromatic N) is 1. The molecule has 6 nitrogen and oxygen atoms in total. The van der Waals surface area contributed by atoms with Crippen molar-refractivity contribution in [3.8, 4) is 0 Å². The summed E-state index contributed by atoms with van der Waals surface area (Å²) in [5.74, 6) is -0.251. The molecule has 1 unspecified atom stereocenters. The van der Waals surface area contributed by atoms with E-state index in [-0.39, 0.29) is 17.9 Å². The monoisotopic (exact) mass is 393 g/mol. The Kier molecular flexibility index (Phi) is 6.22. The van der Waals surface area contributed by atoms with Crippen molar-refractivity contribution in [1.82, 2.24) is 4.90 Å². The predicted octanol–water partition coefficient (Wildman–Crippen LogP) is 3.65. The standard InChI is InChI=1S/C23H27N3O3/c27-22(18-6-3-5-17(15-18)16-26-12-1-2-13-26)24-19-8-10-20(11-9-19)25-23(28)21-7-4-14-29-21/h3,5-6,8-11,15,21H,1-2,4,7,12-14,16H2,(H,24,27)(H,25,28). The highest BCUT2D eigenvalue weighted by molar-refractivity contribution is 6.04. The molecular formula is C23H27N3O3. The summed E-state index contributed by atoms with van der Waals surface area (Å²) < 4.78 is 5.39. The summed E-state index contributed by atoms with van der Waals surface area (Å²) in [7, 11) is 0. The first kappa shape index (κ1) is 19.6. The molecular weight excluding hydrogens is 366 g/mol. The van der Waals surface area contributed by atoms with Crippen LogP contribution in [0.3, 0.4) is 0 Å². The molecule has 29 heavy (non-hydrogen) atoms. The van der Waals surface area contributed by atoms with Crippen LogP contribution in [0.1, 0.15) is 41.6 Å². The van der Waals surface area contributed by atoms with E-state index in [9.17, 15) is 9.59 Å². The summed E-state index contributed by atoms with van der Waals surface area (Å²) >= 11 is 0. The van der Waals surface area contributed by atoms with E-state index in [1.165, 1.54) is 12.8 Å². The second-order valence-corrected chi connectivity index (χ2v) is 7.71. The first-order valence-corrected chi connectivity index (χ1v) is 10.3. The third-order valence-corrected chi connectivity index (χ3v) is 5.43. The largest absolute Gasteiger partial charge is 0.368 e. The summed E-state index contributed by atoms with van der Waals surface area (Å²) in [5.41, 5.74) is 3.19. The molecule has 0 spiro atoms. The molecule has 2 aliphatic heterocycles. The first-order chi connectivity index (χ1) is 14.2. The number of benzene rings is 2. The smallest absolute Gasteiger partial charge is 0.255 e. The molecule has 1 atom stereocenters. The Bertz CT molecular complexity index is 854. The normalized spacial score (nSPS) is 19.2. The van der Waals surface area contributed by atoms with Crippen LogP contribution in [-0.4, -0.2) is 42.5 Å². The molecule has 2 N–H and O–H groups in total. The number of amides is 2. The summed E-state index contributed by atoms with van der Waals surface area (Å²) in [5, 5.41) is 5.78. The summed E-state index contributed by atoms with van der Waals surface area (Å²) in [4.78, 5) is 27.2. The van der Waals surface area contributed by atoms with E-state index in [1.54, 1.807) is 24.3 Å². The van der Waals surface area contributed by atoms with Crippen LogP contribution in [0.15, 0.2) is 48.5 Å². The molecule has 0 bridgehead atoms. The van der Waals surface area contributed by atoms with Crippen molar-refractivity contribution in [3.63, 3.8) is 0 Å². The first-order valence-electron chi connectivity index (χ1n) is 10.3. The van der Waals surface area contributed by atoms with Crippen LogP contribution in [0.2, 0.25) is 0 Å². The summed E-state index contributed by atoms with van der Waals surface area (Å²) in [6, 6.07) is 14.9. The van der Waals surface area contributed by atoms with Crippen molar-refractivity contribution in [3.05, 3.63) is 59.7 Å². The van der Waals surface area contributed by atoms with Gasteiger partial charge in [-0.15, -0.1) is 0 Å². The van der Waals surface area contributed by atoms with E-state index in [1.807, 2.05) is 18.2 Å². The maximum Gasteiger partial charge on any atom is 0.255 e. The number of hydrogen-bond donors (Lipinski definition) is 2. The lowest BCUT2D eigenvalue weighted by Gasteiger charge is -2.15. The fourth-order valence-corrected chi connectivity index (χ4v) is 3.86. The number of ether oxygens (including phenoxy) is 1. The molecule has 0 aromatic heterocycles. The lowest BCUT2D eigenvalue weighted by molar-refractivity contribution is -0.124. The summed E-state index contributed by atoms with van der Waals surface area (Å²) in [6.07, 6.45) is 3.83. The van der Waals surface area contributed by atoms with Crippen molar-refractivity contribution < 1.29 is 14.3 Å². The van der Waals surface area contributed by atoms with Crippen molar-refractivity contribution >= 4 is 23.2 Å². The van der Waals surface area contributed by atoms with Crippen LogP contribution in [-0.2, 0) is 16.1 Å². The van der Waals surface area contributed by atoms with E-state index in [0.717, 1.165) is 38.0 Å². The van der Waals surface area contributed by atoms with Gasteiger partial charge in [0.25, 0.3) is 11.8 Å². The molecule has 2 aromatic rings. The second-order valence-electron chi connectivity index (χ2n) is 7.71. The van der Waals surface area contributed by atoms with Crippen LogP contribution < -0.4 is 10.6 Å². The highest BCUT2D eigenvalue weighted by Gasteiger charge is 2.23. The SMILES string of the molecule is O=C(Nc1ccc(NC(=O)C2CCCO2)cc1)c1cccc(CN2CCCC2)c1. The Labute approximate surface area is 171 Å². The van der Waals surface area contributed by atoms with Gasteiger partial charge in [0.15, 0.2) is 0 Å². The zero-order valence-electron chi connectivity index (χ0n) is 16.5. The Balaban J connectivity index is 1.33. The average molecular weight is 393 g/mol. The number of rotatable bonds is 6. The number of carbonyl (C=O) groups is 2. The number of nitrogens with one attached hydrogen (secondary N) is 2. The summed E-state index contributed by atoms with van der Waals surface area (Å²) in [6.45, 7) is 3.79. The van der Waals surface area contributed by atoms with Gasteiger partial charge in [0.05, 0.1) is 0 Å². The van der Waals surface area contributed by atoms with Crippen molar-refractivity contribution in [2.45, 2.75) is 38.3 Å². The zero-order valence-corrected chi connectivity index (χ0v) is 16.5. The van der Waals surface area contributed by atoms with Gasteiger partial charge in [-0.1, -0.05) is 12.1 Å². The second kappa shape index (κ2) is 9.20. The third-order valence-electron chi connectivity index (χ3n) is 5.43. The molecule has 0 radical (unpaired) electrons. The highest BCUT2D eigenvalue weighted by atomic mass is 16.5. The maximum absolute atomic E-state index is 12.6. The molecule has 2 fully saturated rings. The van der Waals surface area contributed by atoms with Crippen LogP contribution in [0.5, 0.6) is 0 Å². The van der Waals surface area contributed by atoms with Crippen molar-refractivity contribution in [1.29, 1.82) is 0 Å². The van der Waals surface area contributed by atoms with E-state index >= 15 is 0 Å². The molecule has 6 heteroatoms. The van der Waals surface area contributed by atoms with Crippen LogP contribution >= 0.6 is 0 Å². The van der Waals surface area contributed by atoms with E-state index in [2.05, 4.69) is 21.6 Å². The van der Waals surface area contributed by atoms with Crippen molar-refractivity contribution in [2.24, 2.45) is 0 Å². The van der Waals surface area contributed by atoms with Gasteiger partial charge in [-0.2, -0.15) is 0 Å². The molecule has 0 saturated carbocycles. The van der Waals surface area contributed by atoms with Gasteiger partial charge in [-0.05, 0) is 80.7 Å². The number of anilines is 2. The van der Waals surface area contributed by atoms with E-state index < -0.39 is 0 Å². The van der Waals surface area contributed by atoms with Gasteiger partial charge >= 0.3 is 0 Å². The topological polar surface area (TPSA) is 70.7 Å². The number of hydrogen-bond acceptors (Lipinski definition) is 4. The minimum atomic E-state index is -0.359. The van der Waals surface area contributed by atoms with Gasteiger partial charge in [-0.25, -0.2) is 0 Å². The van der Waals surface area contributed by atoms with Gasteiger partial charge in [0.2, 0.25) is 0 Å². The molecule has 0 aliphatic carbocycles. The third kappa shape index (κ3) is 5.22. The highest BCUT2D eigenvalue weighted by Crippen LogP contribution is 2.19. The average Bonchev–Trinajstić information content (AvgIpc) is 3.44. The van der Waals surface area contributed by atoms with E-state index in [0.29, 0.717) is 23.5 Å². The van der Waals surface area contributed by atoms with Gasteiger partial charge < -0.3 is 15.4 Å². The predicted molar refractivity (Wildman–Crippen MR) is 113 cm³/mol. The van der Waals surface area contributed by atoms with Crippen LogP contribution in [0.4, 0.5) is 11.4 Å². The molecule has 2 aliphatic rings. The maximum atomic E-state index is 12.6. The lowest BCUT2D eigenvalue weighted by atomic mass is 10.1. The fraction of sp³-hybridized carbons (Fsp3) is 0.391. The van der Waals surface area contributed by atoms with Gasteiger partial charge in [-0.3, -0.25) is 14.5 Å². The fourth-order valence-electron chi connectivity index (χ4n) is 3.86. The van der Waals surface area contributed by atoms with Crippen LogP contribution in [0, 0.1) is 0 Å². The minimum absolute atomic E-state index is 0.117. The lowest BCUT2D eigenvalue weighted by Crippen LogP contribution is -2.26. The Morgan fingerprint density at radius 1 is 0.966 bits per heavy atom. The number of carbonyl (C=O) groups excluding carboxylic acids is 2. The number of likely N-dealkylation sites (tertiary alicyclic amines) is 1. The minimum Gasteiger partial charge on any atom is -0.368 e. The zero-order chi connectivity index (χ0) is 20.1. The molecule has 2 saturated heterocycles. The van der Waals surface area contributed by atoms with Gasteiger partial charge in [0, 0.05) is 30.1 Å². The van der Waals surface area contributed by atoms with E-state index in [4.69, 9.17) is 4.74 Å². The van der Waals surface area contributed by atoms with Crippen LogP contribution in [0.25, 0.3) is 0 Å². The van der Waals surface area contributed by atoms with Crippen molar-refractivity contribution in [2.75, 3.05) is 30.3 Å². The Hall–Kier alpha value is -2.70. The molecule has 2 aromatic carbocycles.